The maximum absolute atomic E-state index is 12.1. The van der Waals surface area contributed by atoms with E-state index in [4.69, 9.17) is 4.52 Å². The number of nitrogens with one attached hydrogen (secondary N) is 1. The number of nitrogens with zero attached hydrogens (tertiary/aromatic N) is 2. The van der Waals surface area contributed by atoms with Crippen LogP contribution in [0.2, 0.25) is 0 Å². The zero-order valence-electron chi connectivity index (χ0n) is 13.0. The molecule has 0 saturated heterocycles. The zero-order valence-corrected chi connectivity index (χ0v) is 13.8. The Labute approximate surface area is 138 Å². The van der Waals surface area contributed by atoms with E-state index in [1.54, 1.807) is 11.3 Å². The van der Waals surface area contributed by atoms with Gasteiger partial charge in [0.15, 0.2) is 5.82 Å². The van der Waals surface area contributed by atoms with Crippen molar-refractivity contribution in [2.75, 3.05) is 0 Å². The Morgan fingerprint density at radius 1 is 1.30 bits per heavy atom. The Morgan fingerprint density at radius 3 is 2.96 bits per heavy atom. The van der Waals surface area contributed by atoms with Crippen LogP contribution in [0.5, 0.6) is 0 Å². The lowest BCUT2D eigenvalue weighted by molar-refractivity contribution is -0.120. The number of thiophene rings is 1. The zero-order chi connectivity index (χ0) is 16.2. The Kier molecular flexibility index (Phi) is 4.52. The lowest BCUT2D eigenvalue weighted by Gasteiger charge is -2.07. The number of aryl methyl sites for hydroxylation is 2. The van der Waals surface area contributed by atoms with Crippen LogP contribution in [0.4, 0.5) is 0 Å². The van der Waals surface area contributed by atoms with E-state index in [-0.39, 0.29) is 12.5 Å². The van der Waals surface area contributed by atoms with Gasteiger partial charge in [-0.2, -0.15) is 16.3 Å². The summed E-state index contributed by atoms with van der Waals surface area (Å²) in [5.74, 6) is 0.895. The molecule has 2 aromatic heterocycles. The molecule has 5 nitrogen and oxygen atoms in total. The van der Waals surface area contributed by atoms with E-state index in [1.165, 1.54) is 0 Å². The fourth-order valence-corrected chi connectivity index (χ4v) is 2.86. The standard InChI is InChI=1S/C17H17N3O2S/c1-11-3-4-12(2)14(7-11)8-16(21)18-9-15-19-17(22-20-15)13-5-6-23-10-13/h3-7,10H,8-9H2,1-2H3,(H,18,21). The second-order valence-electron chi connectivity index (χ2n) is 5.41. The van der Waals surface area contributed by atoms with Crippen molar-refractivity contribution in [3.05, 3.63) is 57.5 Å². The van der Waals surface area contributed by atoms with Gasteiger partial charge in [0.05, 0.1) is 18.5 Å². The second-order valence-corrected chi connectivity index (χ2v) is 6.19. The van der Waals surface area contributed by atoms with Crippen LogP contribution in [-0.2, 0) is 17.8 Å². The molecule has 0 aliphatic carbocycles. The van der Waals surface area contributed by atoms with Crippen molar-refractivity contribution in [3.8, 4) is 11.5 Å². The molecule has 23 heavy (non-hydrogen) atoms. The van der Waals surface area contributed by atoms with Crippen molar-refractivity contribution in [1.82, 2.24) is 15.5 Å². The van der Waals surface area contributed by atoms with Crippen molar-refractivity contribution in [2.24, 2.45) is 0 Å². The summed E-state index contributed by atoms with van der Waals surface area (Å²) in [5.41, 5.74) is 4.20. The van der Waals surface area contributed by atoms with Gasteiger partial charge in [0.1, 0.15) is 0 Å². The maximum atomic E-state index is 12.1. The van der Waals surface area contributed by atoms with Gasteiger partial charge < -0.3 is 9.84 Å². The molecule has 3 rings (SSSR count). The SMILES string of the molecule is Cc1ccc(C)c(CC(=O)NCc2noc(-c3ccsc3)n2)c1. The van der Waals surface area contributed by atoms with E-state index in [1.807, 2.05) is 48.9 Å². The van der Waals surface area contributed by atoms with Crippen LogP contribution in [0.25, 0.3) is 11.5 Å². The Hall–Kier alpha value is -2.47. The Balaban J connectivity index is 1.58. The molecule has 0 saturated carbocycles. The van der Waals surface area contributed by atoms with Gasteiger partial charge in [0, 0.05) is 5.38 Å². The first-order valence-corrected chi connectivity index (χ1v) is 8.24. The summed E-state index contributed by atoms with van der Waals surface area (Å²) in [5, 5.41) is 10.6. The van der Waals surface area contributed by atoms with Gasteiger partial charge in [0.2, 0.25) is 5.91 Å². The predicted octanol–water partition coefficient (Wildman–Crippen LogP) is 3.27. The van der Waals surface area contributed by atoms with Gasteiger partial charge in [-0.3, -0.25) is 4.79 Å². The van der Waals surface area contributed by atoms with Crippen LogP contribution in [0, 0.1) is 13.8 Å². The van der Waals surface area contributed by atoms with Crippen LogP contribution < -0.4 is 5.32 Å². The highest BCUT2D eigenvalue weighted by Crippen LogP contribution is 2.19. The fourth-order valence-electron chi connectivity index (χ4n) is 2.23. The summed E-state index contributed by atoms with van der Waals surface area (Å²) in [6.45, 7) is 4.29. The maximum Gasteiger partial charge on any atom is 0.258 e. The van der Waals surface area contributed by atoms with E-state index in [0.717, 1.165) is 22.3 Å². The van der Waals surface area contributed by atoms with Crippen LogP contribution in [0.1, 0.15) is 22.5 Å². The molecule has 0 bridgehead atoms. The number of benzene rings is 1. The molecule has 0 aliphatic heterocycles. The highest BCUT2D eigenvalue weighted by molar-refractivity contribution is 7.08. The number of amides is 1. The van der Waals surface area contributed by atoms with E-state index >= 15 is 0 Å². The van der Waals surface area contributed by atoms with Crippen LogP contribution in [0.3, 0.4) is 0 Å². The topological polar surface area (TPSA) is 68.0 Å². The lowest BCUT2D eigenvalue weighted by atomic mass is 10.0. The summed E-state index contributed by atoms with van der Waals surface area (Å²) < 4.78 is 5.19. The first-order valence-electron chi connectivity index (χ1n) is 7.30. The average molecular weight is 327 g/mol. The van der Waals surface area contributed by atoms with Gasteiger partial charge in [-0.25, -0.2) is 0 Å². The van der Waals surface area contributed by atoms with Crippen molar-refractivity contribution in [1.29, 1.82) is 0 Å². The number of hydrogen-bond donors (Lipinski definition) is 1. The summed E-state index contributed by atoms with van der Waals surface area (Å²) in [6.07, 6.45) is 0.350. The number of rotatable bonds is 5. The summed E-state index contributed by atoms with van der Waals surface area (Å²) >= 11 is 1.57. The van der Waals surface area contributed by atoms with Crippen molar-refractivity contribution in [2.45, 2.75) is 26.8 Å². The van der Waals surface area contributed by atoms with Gasteiger partial charge >= 0.3 is 0 Å². The first kappa shape index (κ1) is 15.4. The van der Waals surface area contributed by atoms with Crippen molar-refractivity contribution >= 4 is 17.2 Å². The molecule has 0 unspecified atom stereocenters. The Morgan fingerprint density at radius 2 is 2.17 bits per heavy atom. The van der Waals surface area contributed by atoms with Crippen LogP contribution in [0.15, 0.2) is 39.5 Å². The molecule has 118 valence electrons. The molecule has 1 aromatic carbocycles. The number of carbonyl (C=O) groups excluding carboxylic acids is 1. The second kappa shape index (κ2) is 6.75. The third-order valence-corrected chi connectivity index (χ3v) is 4.22. The molecule has 0 radical (unpaired) electrons. The highest BCUT2D eigenvalue weighted by Gasteiger charge is 2.11. The number of aromatic nitrogens is 2. The van der Waals surface area contributed by atoms with Gasteiger partial charge in [-0.1, -0.05) is 28.9 Å². The van der Waals surface area contributed by atoms with Gasteiger partial charge in [0.25, 0.3) is 5.89 Å². The van der Waals surface area contributed by atoms with E-state index < -0.39 is 0 Å². The van der Waals surface area contributed by atoms with Crippen molar-refractivity contribution < 1.29 is 9.32 Å². The van der Waals surface area contributed by atoms with E-state index in [2.05, 4.69) is 15.5 Å². The molecular formula is C17H17N3O2S. The molecule has 6 heteroatoms. The number of carbonyl (C=O) groups is 1. The minimum Gasteiger partial charge on any atom is -0.348 e. The van der Waals surface area contributed by atoms with Gasteiger partial charge in [-0.15, -0.1) is 0 Å². The first-order chi connectivity index (χ1) is 11.1. The summed E-state index contributed by atoms with van der Waals surface area (Å²) in [7, 11) is 0. The molecular weight excluding hydrogens is 310 g/mol. The van der Waals surface area contributed by atoms with Crippen LogP contribution in [-0.4, -0.2) is 16.0 Å². The summed E-state index contributed by atoms with van der Waals surface area (Å²) in [6, 6.07) is 8.03. The third kappa shape index (κ3) is 3.84. The molecule has 0 aliphatic rings. The summed E-state index contributed by atoms with van der Waals surface area (Å²) in [4.78, 5) is 16.4. The average Bonchev–Trinajstić information content (AvgIpc) is 3.19. The Bertz CT molecular complexity index is 809. The molecule has 3 aromatic rings. The molecule has 2 heterocycles. The predicted molar refractivity (Wildman–Crippen MR) is 89.1 cm³/mol. The van der Waals surface area contributed by atoms with Crippen molar-refractivity contribution in [3.63, 3.8) is 0 Å². The minimum atomic E-state index is -0.0550. The highest BCUT2D eigenvalue weighted by atomic mass is 32.1. The smallest absolute Gasteiger partial charge is 0.258 e. The molecule has 1 amide bonds. The lowest BCUT2D eigenvalue weighted by Crippen LogP contribution is -2.25. The molecule has 0 spiro atoms. The molecule has 1 N–H and O–H groups in total. The van der Waals surface area contributed by atoms with Gasteiger partial charge in [-0.05, 0) is 36.4 Å². The number of hydrogen-bond acceptors (Lipinski definition) is 5. The van der Waals surface area contributed by atoms with E-state index in [0.29, 0.717) is 18.1 Å². The quantitative estimate of drug-likeness (QED) is 0.781. The molecule has 0 fully saturated rings. The normalized spacial score (nSPS) is 10.7. The third-order valence-electron chi connectivity index (χ3n) is 3.54. The fraction of sp³-hybridized carbons (Fsp3) is 0.235. The largest absolute Gasteiger partial charge is 0.348 e. The molecule has 0 atom stereocenters. The monoisotopic (exact) mass is 327 g/mol. The van der Waals surface area contributed by atoms with Crippen LogP contribution >= 0.6 is 11.3 Å². The van der Waals surface area contributed by atoms with E-state index in [9.17, 15) is 4.79 Å². The minimum absolute atomic E-state index is 0.0550.